The van der Waals surface area contributed by atoms with Crippen molar-refractivity contribution in [3.05, 3.63) is 47.8 Å². The lowest BCUT2D eigenvalue weighted by Gasteiger charge is -2.22. The van der Waals surface area contributed by atoms with Gasteiger partial charge in [0.05, 0.1) is 12.2 Å². The van der Waals surface area contributed by atoms with Crippen LogP contribution in [0, 0.1) is 5.82 Å². The van der Waals surface area contributed by atoms with Gasteiger partial charge in [-0.25, -0.2) is 9.37 Å². The van der Waals surface area contributed by atoms with Crippen LogP contribution in [-0.2, 0) is 19.5 Å². The molecule has 0 spiro atoms. The van der Waals surface area contributed by atoms with Crippen LogP contribution >= 0.6 is 11.6 Å². The van der Waals surface area contributed by atoms with Crippen molar-refractivity contribution >= 4 is 17.3 Å². The Bertz CT molecular complexity index is 539. The quantitative estimate of drug-likeness (QED) is 0.794. The fourth-order valence-corrected chi connectivity index (χ4v) is 2.15. The summed E-state index contributed by atoms with van der Waals surface area (Å²) in [5.41, 5.74) is 1.32. The number of aryl methyl sites for hydroxylation is 1. The van der Waals surface area contributed by atoms with Crippen LogP contribution in [0.4, 0.5) is 10.1 Å². The fraction of sp³-hybridized carbons (Fsp3) is 0.308. The number of anilines is 1. The van der Waals surface area contributed by atoms with E-state index in [2.05, 4.69) is 4.98 Å². The van der Waals surface area contributed by atoms with Crippen molar-refractivity contribution < 1.29 is 4.39 Å². The average Bonchev–Trinajstić information content (AvgIpc) is 2.74. The van der Waals surface area contributed by atoms with E-state index in [1.807, 2.05) is 35.8 Å². The van der Waals surface area contributed by atoms with Crippen LogP contribution in [0.5, 0.6) is 0 Å². The van der Waals surface area contributed by atoms with Crippen LogP contribution in [0.15, 0.2) is 30.6 Å². The smallest absolute Gasteiger partial charge is 0.146 e. The van der Waals surface area contributed by atoms with Gasteiger partial charge in [0.15, 0.2) is 0 Å². The molecule has 2 aromatic rings. The van der Waals surface area contributed by atoms with Gasteiger partial charge in [-0.15, -0.1) is 11.6 Å². The molecule has 0 amide bonds. The van der Waals surface area contributed by atoms with Gasteiger partial charge in [-0.05, 0) is 11.6 Å². The molecule has 1 heterocycles. The van der Waals surface area contributed by atoms with Crippen molar-refractivity contribution in [2.45, 2.75) is 12.4 Å². The van der Waals surface area contributed by atoms with Crippen molar-refractivity contribution in [2.24, 2.45) is 7.05 Å². The zero-order chi connectivity index (χ0) is 13.1. The predicted molar refractivity (Wildman–Crippen MR) is 71.3 cm³/mol. The van der Waals surface area contributed by atoms with Gasteiger partial charge in [0.25, 0.3) is 0 Å². The number of halogens is 2. The molecule has 0 atom stereocenters. The molecule has 18 heavy (non-hydrogen) atoms. The van der Waals surface area contributed by atoms with Crippen LogP contribution in [0.25, 0.3) is 0 Å². The molecule has 0 bridgehead atoms. The maximum atomic E-state index is 13.9. The number of nitrogens with zero attached hydrogens (tertiary/aromatic N) is 3. The van der Waals surface area contributed by atoms with Crippen molar-refractivity contribution in [3.63, 3.8) is 0 Å². The molecule has 2 rings (SSSR count). The first-order chi connectivity index (χ1) is 8.63. The Labute approximate surface area is 111 Å². The van der Waals surface area contributed by atoms with Gasteiger partial charge in [-0.3, -0.25) is 0 Å². The highest BCUT2D eigenvalue weighted by atomic mass is 35.5. The maximum Gasteiger partial charge on any atom is 0.146 e. The molecule has 0 aliphatic heterocycles. The minimum atomic E-state index is -0.259. The molecule has 96 valence electrons. The number of alkyl halides is 1. The Morgan fingerprint density at radius 3 is 2.83 bits per heavy atom. The van der Waals surface area contributed by atoms with Crippen molar-refractivity contribution in [1.29, 1.82) is 0 Å². The third-order valence-electron chi connectivity index (χ3n) is 2.90. The lowest BCUT2D eigenvalue weighted by molar-refractivity contribution is 0.617. The standard InChI is InChI=1S/C13H15ClFN3/c1-17-7-6-16-12(17)9-18(2)13-10(8-14)4-3-5-11(13)15/h3-7H,8-9H2,1-2H3. The predicted octanol–water partition coefficient (Wildman–Crippen LogP) is 2.93. The number of hydrogen-bond acceptors (Lipinski definition) is 2. The van der Waals surface area contributed by atoms with Crippen molar-refractivity contribution in [1.82, 2.24) is 9.55 Å². The number of benzene rings is 1. The Hall–Kier alpha value is -1.55. The van der Waals surface area contributed by atoms with E-state index in [0.717, 1.165) is 11.4 Å². The zero-order valence-electron chi connectivity index (χ0n) is 10.4. The molecule has 0 aliphatic carbocycles. The Morgan fingerprint density at radius 1 is 1.44 bits per heavy atom. The Morgan fingerprint density at radius 2 is 2.22 bits per heavy atom. The summed E-state index contributed by atoms with van der Waals surface area (Å²) in [5, 5.41) is 0. The minimum Gasteiger partial charge on any atom is -0.364 e. The molecule has 5 heteroatoms. The lowest BCUT2D eigenvalue weighted by atomic mass is 10.1. The summed E-state index contributed by atoms with van der Waals surface area (Å²) in [4.78, 5) is 6.06. The molecule has 0 radical (unpaired) electrons. The maximum absolute atomic E-state index is 13.9. The van der Waals surface area contributed by atoms with Crippen LogP contribution in [0.1, 0.15) is 11.4 Å². The molecule has 0 fully saturated rings. The summed E-state index contributed by atoms with van der Waals surface area (Å²) < 4.78 is 15.8. The molecule has 0 saturated carbocycles. The second-order valence-corrected chi connectivity index (χ2v) is 4.46. The van der Waals surface area contributed by atoms with Gasteiger partial charge < -0.3 is 9.47 Å². The summed E-state index contributed by atoms with van der Waals surface area (Å²) in [6.07, 6.45) is 3.60. The minimum absolute atomic E-state index is 0.259. The molecule has 1 aromatic carbocycles. The number of hydrogen-bond donors (Lipinski definition) is 0. The summed E-state index contributed by atoms with van der Waals surface area (Å²) in [6, 6.07) is 4.95. The molecular weight excluding hydrogens is 253 g/mol. The van der Waals surface area contributed by atoms with E-state index in [1.54, 1.807) is 12.3 Å². The van der Waals surface area contributed by atoms with Crippen molar-refractivity contribution in [3.8, 4) is 0 Å². The Kier molecular flexibility index (Phi) is 3.87. The van der Waals surface area contributed by atoms with Gasteiger partial charge in [-0.2, -0.15) is 0 Å². The number of para-hydroxylation sites is 1. The van der Waals surface area contributed by atoms with E-state index in [1.165, 1.54) is 6.07 Å². The van der Waals surface area contributed by atoms with E-state index in [-0.39, 0.29) is 11.7 Å². The topological polar surface area (TPSA) is 21.1 Å². The number of rotatable bonds is 4. The highest BCUT2D eigenvalue weighted by Crippen LogP contribution is 2.25. The van der Waals surface area contributed by atoms with Crippen molar-refractivity contribution in [2.75, 3.05) is 11.9 Å². The normalized spacial score (nSPS) is 10.7. The van der Waals surface area contributed by atoms with Gasteiger partial charge in [0.1, 0.15) is 11.6 Å². The molecule has 1 aromatic heterocycles. The molecule has 0 N–H and O–H groups in total. The van der Waals surface area contributed by atoms with Crippen LogP contribution in [0.2, 0.25) is 0 Å². The highest BCUT2D eigenvalue weighted by molar-refractivity contribution is 6.17. The van der Waals surface area contributed by atoms with E-state index in [0.29, 0.717) is 12.2 Å². The number of aromatic nitrogens is 2. The van der Waals surface area contributed by atoms with Crippen LogP contribution in [-0.4, -0.2) is 16.6 Å². The lowest BCUT2D eigenvalue weighted by Crippen LogP contribution is -2.21. The molecular formula is C13H15ClFN3. The average molecular weight is 268 g/mol. The largest absolute Gasteiger partial charge is 0.364 e. The van der Waals surface area contributed by atoms with E-state index in [4.69, 9.17) is 11.6 Å². The summed E-state index contributed by atoms with van der Waals surface area (Å²) in [6.45, 7) is 0.536. The van der Waals surface area contributed by atoms with Gasteiger partial charge in [-0.1, -0.05) is 12.1 Å². The third kappa shape index (κ3) is 2.48. The zero-order valence-corrected chi connectivity index (χ0v) is 11.2. The summed E-state index contributed by atoms with van der Waals surface area (Å²) in [7, 11) is 3.75. The first-order valence-corrected chi connectivity index (χ1v) is 6.17. The molecule has 3 nitrogen and oxygen atoms in total. The van der Waals surface area contributed by atoms with E-state index >= 15 is 0 Å². The van der Waals surface area contributed by atoms with Crippen LogP contribution < -0.4 is 4.90 Å². The fourth-order valence-electron chi connectivity index (χ4n) is 1.94. The Balaban J connectivity index is 2.29. The second kappa shape index (κ2) is 5.40. The van der Waals surface area contributed by atoms with E-state index < -0.39 is 0 Å². The van der Waals surface area contributed by atoms with Gasteiger partial charge >= 0.3 is 0 Å². The third-order valence-corrected chi connectivity index (χ3v) is 3.18. The van der Waals surface area contributed by atoms with E-state index in [9.17, 15) is 4.39 Å². The van der Waals surface area contributed by atoms with Gasteiger partial charge in [0.2, 0.25) is 0 Å². The second-order valence-electron chi connectivity index (χ2n) is 4.19. The highest BCUT2D eigenvalue weighted by Gasteiger charge is 2.14. The summed E-state index contributed by atoms with van der Waals surface area (Å²) >= 11 is 5.85. The summed E-state index contributed by atoms with van der Waals surface area (Å²) in [5.74, 6) is 0.906. The first-order valence-electron chi connectivity index (χ1n) is 5.64. The van der Waals surface area contributed by atoms with Gasteiger partial charge in [0, 0.05) is 32.4 Å². The van der Waals surface area contributed by atoms with Crippen LogP contribution in [0.3, 0.4) is 0 Å². The monoisotopic (exact) mass is 267 g/mol. The molecule has 0 aliphatic rings. The molecule has 0 saturated heterocycles. The molecule has 0 unspecified atom stereocenters. The SMILES string of the molecule is CN(Cc1nccn1C)c1c(F)cccc1CCl. The first kappa shape index (κ1) is 12.9. The number of imidazole rings is 1.